The molecule has 0 amide bonds. The Morgan fingerprint density at radius 1 is 1.26 bits per heavy atom. The smallest absolute Gasteiger partial charge is 0.315 e. The summed E-state index contributed by atoms with van der Waals surface area (Å²) in [6.07, 6.45) is 0. The van der Waals surface area contributed by atoms with Crippen molar-refractivity contribution >= 4 is 40.2 Å². The summed E-state index contributed by atoms with van der Waals surface area (Å²) in [6, 6.07) is 2.25. The van der Waals surface area contributed by atoms with Crippen molar-refractivity contribution in [2.75, 3.05) is 0 Å². The number of phenolic OH excluding ortho intramolecular Hbond substituents is 2. The molecule has 0 spiro atoms. The Labute approximate surface area is 166 Å². The summed E-state index contributed by atoms with van der Waals surface area (Å²) in [5, 5.41) is 44.7. The maximum Gasteiger partial charge on any atom is 0.315 e. The topological polar surface area (TPSA) is 123 Å². The fourth-order valence-corrected chi connectivity index (χ4v) is 4.05. The van der Waals surface area contributed by atoms with Gasteiger partial charge in [-0.1, -0.05) is 11.6 Å². The maximum atomic E-state index is 12.2. The predicted octanol–water partition coefficient (Wildman–Crippen LogP) is 4.35. The van der Waals surface area contributed by atoms with Crippen LogP contribution in [0.2, 0.25) is 10.2 Å². The minimum Gasteiger partial charge on any atom is -0.617 e. The molecule has 0 atom stereocenters. The first kappa shape index (κ1) is 19.2. The molecule has 0 bridgehead atoms. The standard InChI is InChI=1S/C16H11Cl2N3O5S/c1-6-12(15(18)20(24)7(2)13(6)17)16-19-9(5-27-16)8-3-10(21(25)26)14(23)11(22)4-8/h3-5,22-23H,1-2H3. The van der Waals surface area contributed by atoms with Gasteiger partial charge in [-0.15, -0.1) is 11.3 Å². The van der Waals surface area contributed by atoms with Crippen molar-refractivity contribution < 1.29 is 19.9 Å². The van der Waals surface area contributed by atoms with Crippen LogP contribution in [0.5, 0.6) is 11.5 Å². The molecule has 11 heteroatoms. The first-order chi connectivity index (χ1) is 12.6. The number of benzene rings is 1. The van der Waals surface area contributed by atoms with Crippen LogP contribution in [0.25, 0.3) is 21.8 Å². The number of halogens is 2. The highest BCUT2D eigenvalue weighted by molar-refractivity contribution is 7.13. The number of nitro groups is 1. The van der Waals surface area contributed by atoms with Crippen molar-refractivity contribution in [3.63, 3.8) is 0 Å². The Kier molecular flexibility index (Phi) is 4.85. The molecule has 3 rings (SSSR count). The lowest BCUT2D eigenvalue weighted by molar-refractivity contribution is -0.609. The molecule has 140 valence electrons. The van der Waals surface area contributed by atoms with E-state index in [1.807, 2.05) is 0 Å². The van der Waals surface area contributed by atoms with Crippen LogP contribution in [0, 0.1) is 29.2 Å². The largest absolute Gasteiger partial charge is 0.617 e. The summed E-state index contributed by atoms with van der Waals surface area (Å²) < 4.78 is 0.504. The molecule has 0 saturated heterocycles. The number of nitrogens with zero attached hydrogens (tertiary/aromatic N) is 3. The van der Waals surface area contributed by atoms with Crippen LogP contribution in [-0.4, -0.2) is 20.1 Å². The Hall–Kier alpha value is -2.62. The Morgan fingerprint density at radius 2 is 1.93 bits per heavy atom. The number of hydrogen-bond donors (Lipinski definition) is 2. The number of phenols is 2. The van der Waals surface area contributed by atoms with E-state index in [4.69, 9.17) is 23.2 Å². The van der Waals surface area contributed by atoms with Crippen LogP contribution >= 0.6 is 34.5 Å². The van der Waals surface area contributed by atoms with Gasteiger partial charge in [-0.05, 0) is 30.2 Å². The van der Waals surface area contributed by atoms with Gasteiger partial charge in [-0.25, -0.2) is 4.98 Å². The van der Waals surface area contributed by atoms with E-state index in [-0.39, 0.29) is 21.4 Å². The first-order valence-corrected chi connectivity index (χ1v) is 9.01. The van der Waals surface area contributed by atoms with E-state index in [1.54, 1.807) is 19.2 Å². The van der Waals surface area contributed by atoms with E-state index in [0.717, 1.165) is 23.5 Å². The number of nitro benzene ring substituents is 1. The third kappa shape index (κ3) is 3.14. The van der Waals surface area contributed by atoms with Gasteiger partial charge in [0.15, 0.2) is 5.75 Å². The van der Waals surface area contributed by atoms with Gasteiger partial charge < -0.3 is 15.4 Å². The molecule has 0 fully saturated rings. The summed E-state index contributed by atoms with van der Waals surface area (Å²) in [5.74, 6) is -1.46. The Bertz CT molecular complexity index is 1070. The lowest BCUT2D eigenvalue weighted by atomic mass is 10.1. The van der Waals surface area contributed by atoms with E-state index >= 15 is 0 Å². The monoisotopic (exact) mass is 427 g/mol. The second-order valence-electron chi connectivity index (χ2n) is 5.64. The Morgan fingerprint density at radius 3 is 2.56 bits per heavy atom. The third-order valence-corrected chi connectivity index (χ3v) is 5.75. The zero-order valence-corrected chi connectivity index (χ0v) is 16.2. The normalized spacial score (nSPS) is 11.0. The summed E-state index contributed by atoms with van der Waals surface area (Å²) in [6.45, 7) is 3.25. The second kappa shape index (κ2) is 6.84. The van der Waals surface area contributed by atoms with Gasteiger partial charge in [0.2, 0.25) is 11.4 Å². The van der Waals surface area contributed by atoms with E-state index < -0.39 is 22.1 Å². The van der Waals surface area contributed by atoms with Crippen molar-refractivity contribution in [3.05, 3.63) is 54.3 Å². The van der Waals surface area contributed by atoms with Crippen LogP contribution in [0.1, 0.15) is 11.3 Å². The molecule has 3 aromatic rings. The van der Waals surface area contributed by atoms with Crippen LogP contribution in [0.3, 0.4) is 0 Å². The van der Waals surface area contributed by atoms with Crippen molar-refractivity contribution in [2.24, 2.45) is 0 Å². The van der Waals surface area contributed by atoms with Gasteiger partial charge in [0, 0.05) is 23.9 Å². The van der Waals surface area contributed by atoms with Gasteiger partial charge in [0.25, 0.3) is 5.15 Å². The van der Waals surface area contributed by atoms with Gasteiger partial charge >= 0.3 is 5.69 Å². The number of rotatable bonds is 3. The van der Waals surface area contributed by atoms with Crippen LogP contribution < -0.4 is 4.73 Å². The molecule has 2 N–H and O–H groups in total. The maximum absolute atomic E-state index is 12.2. The van der Waals surface area contributed by atoms with E-state index in [1.165, 1.54) is 0 Å². The first-order valence-electron chi connectivity index (χ1n) is 7.37. The molecular weight excluding hydrogens is 417 g/mol. The SMILES string of the molecule is Cc1c(Cl)c(C)[n+]([O-])c(Cl)c1-c1nc(-c2cc(O)c(O)c([N+](=O)[O-])c2)cs1. The lowest BCUT2D eigenvalue weighted by Gasteiger charge is -2.11. The minimum absolute atomic E-state index is 0.0881. The molecule has 2 aromatic heterocycles. The summed E-state index contributed by atoms with van der Waals surface area (Å²) in [5.41, 5.74) is 1.07. The zero-order valence-electron chi connectivity index (χ0n) is 13.9. The molecule has 0 saturated carbocycles. The molecule has 2 heterocycles. The fraction of sp³-hybridized carbons (Fsp3) is 0.125. The number of hydrogen-bond acceptors (Lipinski definition) is 7. The van der Waals surface area contributed by atoms with Gasteiger partial charge in [0.05, 0.1) is 10.6 Å². The average Bonchev–Trinajstić information content (AvgIpc) is 3.10. The number of aromatic nitrogens is 2. The highest BCUT2D eigenvalue weighted by atomic mass is 35.5. The molecule has 0 radical (unpaired) electrons. The molecule has 27 heavy (non-hydrogen) atoms. The fourth-order valence-electron chi connectivity index (χ4n) is 2.53. The van der Waals surface area contributed by atoms with E-state index in [2.05, 4.69) is 4.98 Å². The van der Waals surface area contributed by atoms with E-state index in [0.29, 0.717) is 26.6 Å². The van der Waals surface area contributed by atoms with Gasteiger partial charge in [-0.3, -0.25) is 10.1 Å². The molecule has 0 aliphatic heterocycles. The van der Waals surface area contributed by atoms with Crippen LogP contribution in [-0.2, 0) is 0 Å². The second-order valence-corrected chi connectivity index (χ2v) is 7.24. The van der Waals surface area contributed by atoms with Crippen molar-refractivity contribution in [1.82, 2.24) is 4.98 Å². The Balaban J connectivity index is 2.17. The molecule has 1 aromatic carbocycles. The van der Waals surface area contributed by atoms with Crippen LogP contribution in [0.15, 0.2) is 17.5 Å². The minimum atomic E-state index is -0.823. The number of thiazole rings is 1. The van der Waals surface area contributed by atoms with Crippen molar-refractivity contribution in [1.29, 1.82) is 0 Å². The van der Waals surface area contributed by atoms with E-state index in [9.17, 15) is 25.5 Å². The highest BCUT2D eigenvalue weighted by Crippen LogP contribution is 2.41. The van der Waals surface area contributed by atoms with Gasteiger partial charge in [0.1, 0.15) is 15.6 Å². The predicted molar refractivity (Wildman–Crippen MR) is 101 cm³/mol. The quantitative estimate of drug-likeness (QED) is 0.160. The molecular formula is C16H11Cl2N3O5S. The molecule has 0 unspecified atom stereocenters. The average molecular weight is 428 g/mol. The summed E-state index contributed by atoms with van der Waals surface area (Å²) in [7, 11) is 0. The molecule has 0 aliphatic carbocycles. The summed E-state index contributed by atoms with van der Waals surface area (Å²) >= 11 is 13.5. The lowest BCUT2D eigenvalue weighted by Crippen LogP contribution is -2.33. The molecule has 8 nitrogen and oxygen atoms in total. The molecule has 0 aliphatic rings. The van der Waals surface area contributed by atoms with Crippen LogP contribution in [0.4, 0.5) is 5.69 Å². The zero-order chi connectivity index (χ0) is 20.0. The highest BCUT2D eigenvalue weighted by Gasteiger charge is 2.26. The van der Waals surface area contributed by atoms with Gasteiger partial charge in [-0.2, -0.15) is 4.73 Å². The van der Waals surface area contributed by atoms with Crippen molar-refractivity contribution in [2.45, 2.75) is 13.8 Å². The summed E-state index contributed by atoms with van der Waals surface area (Å²) in [4.78, 5) is 14.6. The number of pyridine rings is 1. The third-order valence-electron chi connectivity index (χ3n) is 3.99. The number of aromatic hydroxyl groups is 2. The van der Waals surface area contributed by atoms with Crippen molar-refractivity contribution in [3.8, 4) is 33.3 Å².